The number of rotatable bonds is 26. The summed E-state index contributed by atoms with van der Waals surface area (Å²) in [5.74, 6) is -3.47. The number of carbonyl (C=O) groups is 10. The Labute approximate surface area is 495 Å². The Balaban J connectivity index is 1.32. The summed E-state index contributed by atoms with van der Waals surface area (Å²) in [4.78, 5) is 135. The van der Waals surface area contributed by atoms with Crippen molar-refractivity contribution in [2.45, 2.75) is 277 Å². The lowest BCUT2D eigenvalue weighted by molar-refractivity contribution is -0.149. The number of ether oxygens (including phenoxy) is 2. The van der Waals surface area contributed by atoms with E-state index in [1.54, 1.807) is 90.0 Å². The summed E-state index contributed by atoms with van der Waals surface area (Å²) < 4.78 is 10.2. The van der Waals surface area contributed by atoms with E-state index in [1.807, 2.05) is 0 Å². The van der Waals surface area contributed by atoms with Crippen LogP contribution in [0.15, 0.2) is 0 Å². The first kappa shape index (κ1) is 70.0. The zero-order chi connectivity index (χ0) is 62.4. The van der Waals surface area contributed by atoms with Crippen molar-refractivity contribution >= 4 is 59.3 Å². The van der Waals surface area contributed by atoms with Gasteiger partial charge in [0.15, 0.2) is 0 Å². The summed E-state index contributed by atoms with van der Waals surface area (Å²) in [6, 6.07) is 0. The maximum Gasteiger partial charge on any atom is 0.408 e. The normalized spacial score (nSPS) is 19.0. The SMILES string of the molecule is COC(=O)C(C)(C)NC(=O)CC1(CNC(=O)C(C)(C)NC(=O)CC2(CNC(=O)C(C)(C)NC(=O)CC3(CNC(=O)C(C)(C)NC(=O)CC4(CNC(=O)C(C)(C)NC(=O)OC(C)(C)C)CCCCC4)CCCCC3)CCCCC2)CCCCC1. The second-order valence-electron chi connectivity index (χ2n) is 29.1. The van der Waals surface area contributed by atoms with Crippen LogP contribution in [-0.4, -0.2) is 126 Å². The van der Waals surface area contributed by atoms with Crippen LogP contribution >= 0.6 is 0 Å². The molecule has 0 spiro atoms. The minimum Gasteiger partial charge on any atom is -0.467 e. The van der Waals surface area contributed by atoms with Crippen molar-refractivity contribution in [1.82, 2.24) is 47.9 Å². The van der Waals surface area contributed by atoms with Crippen LogP contribution in [0.4, 0.5) is 4.79 Å². The summed E-state index contributed by atoms with van der Waals surface area (Å²) in [6.07, 6.45) is 16.2. The number of hydrogen-bond donors (Lipinski definition) is 9. The van der Waals surface area contributed by atoms with Gasteiger partial charge in [0, 0.05) is 51.9 Å². The summed E-state index contributed by atoms with van der Waals surface area (Å²) in [7, 11) is 1.27. The minimum atomic E-state index is -1.33. The van der Waals surface area contributed by atoms with Crippen molar-refractivity contribution in [1.29, 1.82) is 0 Å². The van der Waals surface area contributed by atoms with Crippen LogP contribution in [0.3, 0.4) is 0 Å². The van der Waals surface area contributed by atoms with Crippen LogP contribution in [0.2, 0.25) is 0 Å². The van der Waals surface area contributed by atoms with Gasteiger partial charge in [0.1, 0.15) is 33.3 Å². The topological polar surface area (TPSA) is 297 Å². The highest BCUT2D eigenvalue weighted by atomic mass is 16.6. The number of nitrogens with one attached hydrogen (secondary N) is 9. The molecule has 0 saturated heterocycles. The first-order chi connectivity index (χ1) is 38.3. The number of alkyl carbamates (subject to hydrolysis) is 1. The molecule has 0 aliphatic heterocycles. The number of amides is 9. The van der Waals surface area contributed by atoms with Gasteiger partial charge in [-0.05, 0) is 163 Å². The number of carbonyl (C=O) groups excluding carboxylic acids is 10. The predicted molar refractivity (Wildman–Crippen MR) is 317 cm³/mol. The molecule has 0 heterocycles. The van der Waals surface area contributed by atoms with Crippen molar-refractivity contribution in [3.05, 3.63) is 0 Å². The molecule has 21 nitrogen and oxygen atoms in total. The van der Waals surface area contributed by atoms with Crippen LogP contribution in [-0.2, 0) is 52.6 Å². The van der Waals surface area contributed by atoms with E-state index in [0.717, 1.165) is 89.9 Å². The Morgan fingerprint density at radius 3 is 0.759 bits per heavy atom. The molecule has 0 aromatic heterocycles. The molecule has 4 aliphatic rings. The summed E-state index contributed by atoms with van der Waals surface area (Å²) >= 11 is 0. The number of methoxy groups -OCH3 is 1. The Morgan fingerprint density at radius 1 is 0.325 bits per heavy atom. The monoisotopic (exact) mass is 1170 g/mol. The first-order valence-corrected chi connectivity index (χ1v) is 30.8. The third-order valence-electron chi connectivity index (χ3n) is 17.9. The van der Waals surface area contributed by atoms with E-state index in [1.165, 1.54) is 7.11 Å². The van der Waals surface area contributed by atoms with Crippen molar-refractivity contribution in [2.24, 2.45) is 21.7 Å². The molecule has 4 rings (SSSR count). The molecule has 9 N–H and O–H groups in total. The standard InChI is InChI=1S/C62H107N9O12/c1-53(2,3)83-52(81)71-57(10,11)50(79)66-42-61(31-23-17-24-32-61)37-45(74)69-55(6,7)48(77)64-40-59(27-19-15-20-28-59)35-43(72)67-54(4,5)47(76)63-39-60(29-21-16-22-30-60)36-44(73)68-56(8,9)49(78)65-41-62(33-25-18-26-34-62)38-46(75)70-58(12,13)51(80)82-14/h15-42H2,1-14H3,(H,63,76)(H,64,77)(H,65,78)(H,66,79)(H,67,72)(H,68,73)(H,69,74)(H,70,75)(H,71,81). The molecule has 472 valence electrons. The summed E-state index contributed by atoms with van der Waals surface area (Å²) in [5, 5.41) is 26.5. The summed E-state index contributed by atoms with van der Waals surface area (Å²) in [5.41, 5.74) is -9.45. The van der Waals surface area contributed by atoms with Gasteiger partial charge in [0.25, 0.3) is 0 Å². The van der Waals surface area contributed by atoms with E-state index in [9.17, 15) is 47.9 Å². The van der Waals surface area contributed by atoms with Crippen molar-refractivity contribution in [3.63, 3.8) is 0 Å². The lowest BCUT2D eigenvalue weighted by Gasteiger charge is -2.40. The van der Waals surface area contributed by atoms with Crippen LogP contribution in [0.25, 0.3) is 0 Å². The number of hydrogen-bond acceptors (Lipinski definition) is 12. The molecule has 4 aliphatic carbocycles. The van der Waals surface area contributed by atoms with E-state index in [-0.39, 0.29) is 75.5 Å². The molecule has 0 radical (unpaired) electrons. The van der Waals surface area contributed by atoms with Gasteiger partial charge in [0.05, 0.1) is 7.11 Å². The highest BCUT2D eigenvalue weighted by Gasteiger charge is 2.45. The van der Waals surface area contributed by atoms with Crippen LogP contribution in [0, 0.1) is 21.7 Å². The lowest BCUT2D eigenvalue weighted by atomic mass is 9.71. The molecule has 0 aromatic carbocycles. The van der Waals surface area contributed by atoms with E-state index in [0.29, 0.717) is 38.5 Å². The maximum absolute atomic E-state index is 14.1. The quantitative estimate of drug-likeness (QED) is 0.0401. The molecule has 0 bridgehead atoms. The molecule has 4 saturated carbocycles. The Morgan fingerprint density at radius 2 is 0.542 bits per heavy atom. The fraction of sp³-hybridized carbons (Fsp3) is 0.839. The molecule has 83 heavy (non-hydrogen) atoms. The van der Waals surface area contributed by atoms with Crippen molar-refractivity contribution < 1.29 is 57.4 Å². The Kier molecular flexibility index (Phi) is 24.1. The minimum absolute atomic E-state index is 0.0638. The van der Waals surface area contributed by atoms with E-state index >= 15 is 0 Å². The van der Waals surface area contributed by atoms with E-state index in [2.05, 4.69) is 47.9 Å². The molecule has 21 heteroatoms. The lowest BCUT2D eigenvalue weighted by Crippen LogP contribution is -2.59. The Bertz CT molecular complexity index is 2310. The Hall–Kier alpha value is -5.50. The smallest absolute Gasteiger partial charge is 0.408 e. The highest BCUT2D eigenvalue weighted by molar-refractivity contribution is 5.94. The zero-order valence-electron chi connectivity index (χ0n) is 53.2. The zero-order valence-corrected chi connectivity index (χ0v) is 53.2. The first-order valence-electron chi connectivity index (χ1n) is 30.8. The van der Waals surface area contributed by atoms with Crippen LogP contribution in [0.5, 0.6) is 0 Å². The maximum atomic E-state index is 14.1. The molecule has 9 amide bonds. The average molecular weight is 1170 g/mol. The largest absolute Gasteiger partial charge is 0.467 e. The van der Waals surface area contributed by atoms with E-state index in [4.69, 9.17) is 9.47 Å². The van der Waals surface area contributed by atoms with Gasteiger partial charge in [-0.25, -0.2) is 9.59 Å². The van der Waals surface area contributed by atoms with Crippen LogP contribution in [0.1, 0.15) is 244 Å². The van der Waals surface area contributed by atoms with Gasteiger partial charge in [0.2, 0.25) is 47.3 Å². The third-order valence-corrected chi connectivity index (χ3v) is 17.9. The van der Waals surface area contributed by atoms with Crippen LogP contribution < -0.4 is 47.9 Å². The fourth-order valence-corrected chi connectivity index (χ4v) is 12.9. The molecular weight excluding hydrogens is 1060 g/mol. The average Bonchev–Trinajstić information content (AvgIpc) is 3.51. The fourth-order valence-electron chi connectivity index (χ4n) is 12.9. The second-order valence-corrected chi connectivity index (χ2v) is 29.1. The number of esters is 1. The van der Waals surface area contributed by atoms with Gasteiger partial charge in [-0.1, -0.05) is 77.0 Å². The third kappa shape index (κ3) is 21.5. The molecule has 0 atom stereocenters. The van der Waals surface area contributed by atoms with Gasteiger partial charge < -0.3 is 57.3 Å². The van der Waals surface area contributed by atoms with Gasteiger partial charge in [-0.3, -0.25) is 38.4 Å². The van der Waals surface area contributed by atoms with Gasteiger partial charge in [-0.15, -0.1) is 0 Å². The van der Waals surface area contributed by atoms with Crippen molar-refractivity contribution in [2.75, 3.05) is 33.3 Å². The molecular formula is C62H107N9O12. The molecule has 0 aromatic rings. The van der Waals surface area contributed by atoms with Gasteiger partial charge in [-0.2, -0.15) is 0 Å². The molecule has 0 unspecified atom stereocenters. The van der Waals surface area contributed by atoms with Crippen molar-refractivity contribution in [3.8, 4) is 0 Å². The predicted octanol–water partition coefficient (Wildman–Crippen LogP) is 6.87. The van der Waals surface area contributed by atoms with E-state index < -0.39 is 90.6 Å². The second kappa shape index (κ2) is 28.6. The van der Waals surface area contributed by atoms with Gasteiger partial charge >= 0.3 is 12.1 Å². The molecule has 4 fully saturated rings. The summed E-state index contributed by atoms with van der Waals surface area (Å²) in [6.45, 7) is 22.2. The highest BCUT2D eigenvalue weighted by Crippen LogP contribution is 2.43.